The topological polar surface area (TPSA) is 72.6 Å². The number of hydrogen-bond acceptors (Lipinski definition) is 4. The number of hydrogen-bond donors (Lipinski definition) is 1. The van der Waals surface area contributed by atoms with Crippen molar-refractivity contribution in [1.29, 1.82) is 0 Å². The minimum Gasteiger partial charge on any atom is -0.465 e. The zero-order valence-corrected chi connectivity index (χ0v) is 8.06. The quantitative estimate of drug-likeness (QED) is 0.477. The first-order valence-corrected chi connectivity index (χ1v) is 4.17. The Balaban J connectivity index is 3.00. The normalized spacial score (nSPS) is 12.2. The molecule has 5 nitrogen and oxygen atoms in total. The number of aliphatic hydroxyl groups excluding tert-OH is 1. The van der Waals surface area contributed by atoms with Crippen LogP contribution in [0.1, 0.15) is 6.92 Å². The van der Waals surface area contributed by atoms with Crippen LogP contribution in [0.4, 0.5) is 5.69 Å². The van der Waals surface area contributed by atoms with Crippen molar-refractivity contribution < 1.29 is 14.8 Å². The molecule has 0 heterocycles. The molecule has 0 fully saturated rings. The van der Waals surface area contributed by atoms with Crippen molar-refractivity contribution in [3.05, 3.63) is 33.3 Å². The van der Waals surface area contributed by atoms with Crippen LogP contribution in [0.25, 0.3) is 0 Å². The fraction of sp³-hybridized carbons (Fsp3) is 0.250. The van der Waals surface area contributed by atoms with Gasteiger partial charge in [-0.1, -0.05) is 11.6 Å². The highest BCUT2D eigenvalue weighted by atomic mass is 35.5. The summed E-state index contributed by atoms with van der Waals surface area (Å²) < 4.78 is 4.85. The lowest BCUT2D eigenvalue weighted by Crippen LogP contribution is -2.09. The molecule has 1 N–H and O–H groups in total. The van der Waals surface area contributed by atoms with E-state index in [4.69, 9.17) is 21.4 Å². The number of nitro benzene ring substituents is 1. The number of halogens is 1. The summed E-state index contributed by atoms with van der Waals surface area (Å²) in [6, 6.07) is 3.95. The summed E-state index contributed by atoms with van der Waals surface area (Å²) in [5.41, 5.74) is -0.246. The largest absolute Gasteiger partial charge is 0.465 e. The van der Waals surface area contributed by atoms with Crippen molar-refractivity contribution in [1.82, 2.24) is 0 Å². The van der Waals surface area contributed by atoms with Crippen LogP contribution in [-0.4, -0.2) is 16.3 Å². The Bertz CT molecular complexity index is 353. The highest BCUT2D eigenvalue weighted by Crippen LogP contribution is 2.28. The predicted octanol–water partition coefficient (Wildman–Crippen LogP) is 1.97. The molecule has 1 unspecified atom stereocenters. The second-order valence-corrected chi connectivity index (χ2v) is 2.99. The van der Waals surface area contributed by atoms with Gasteiger partial charge < -0.3 is 9.84 Å². The van der Waals surface area contributed by atoms with Gasteiger partial charge in [0.1, 0.15) is 10.8 Å². The van der Waals surface area contributed by atoms with E-state index in [2.05, 4.69) is 0 Å². The molecule has 0 bridgehead atoms. The molecule has 0 radical (unpaired) electrons. The number of benzene rings is 1. The van der Waals surface area contributed by atoms with E-state index in [0.717, 1.165) is 6.07 Å². The first-order valence-electron chi connectivity index (χ1n) is 3.79. The molecule has 1 aromatic carbocycles. The maximum absolute atomic E-state index is 10.5. The lowest BCUT2D eigenvalue weighted by molar-refractivity contribution is -0.384. The van der Waals surface area contributed by atoms with Gasteiger partial charge >= 0.3 is 0 Å². The Morgan fingerprint density at radius 1 is 1.64 bits per heavy atom. The van der Waals surface area contributed by atoms with Crippen LogP contribution in [0.3, 0.4) is 0 Å². The van der Waals surface area contributed by atoms with Crippen LogP contribution in [0.2, 0.25) is 5.02 Å². The second-order valence-electron chi connectivity index (χ2n) is 2.59. The maximum Gasteiger partial charge on any atom is 0.291 e. The summed E-state index contributed by atoms with van der Waals surface area (Å²) in [5, 5.41) is 19.4. The van der Waals surface area contributed by atoms with Crippen molar-refractivity contribution in [2.75, 3.05) is 0 Å². The van der Waals surface area contributed by atoms with Crippen molar-refractivity contribution >= 4 is 17.3 Å². The summed E-state index contributed by atoms with van der Waals surface area (Å²) in [7, 11) is 0. The Labute approximate surface area is 85.0 Å². The minimum absolute atomic E-state index is 0.0351. The molecule has 1 aromatic rings. The van der Waals surface area contributed by atoms with Gasteiger partial charge in [-0.25, -0.2) is 0 Å². The standard InChI is InChI=1S/C8H8ClNO4/c1-5(11)14-6-2-3-7(9)8(4-6)10(12)13/h2-5,11H,1H3. The third-order valence-electron chi connectivity index (χ3n) is 1.42. The number of nitrogens with zero attached hydrogens (tertiary/aromatic N) is 1. The van der Waals surface area contributed by atoms with Gasteiger partial charge in [0, 0.05) is 0 Å². The van der Waals surface area contributed by atoms with E-state index in [0.29, 0.717) is 0 Å². The van der Waals surface area contributed by atoms with Crippen LogP contribution in [0.15, 0.2) is 18.2 Å². The molecular formula is C8H8ClNO4. The van der Waals surface area contributed by atoms with Crippen LogP contribution in [-0.2, 0) is 0 Å². The van der Waals surface area contributed by atoms with Crippen LogP contribution in [0, 0.1) is 10.1 Å². The van der Waals surface area contributed by atoms with Crippen molar-refractivity contribution in [3.8, 4) is 5.75 Å². The third-order valence-corrected chi connectivity index (χ3v) is 1.74. The number of rotatable bonds is 3. The number of aliphatic hydroxyl groups is 1. The molecular weight excluding hydrogens is 210 g/mol. The summed E-state index contributed by atoms with van der Waals surface area (Å²) in [6.45, 7) is 1.40. The Hall–Kier alpha value is -1.33. The van der Waals surface area contributed by atoms with Gasteiger partial charge in [-0.3, -0.25) is 10.1 Å². The third kappa shape index (κ3) is 2.58. The summed E-state index contributed by atoms with van der Waals surface area (Å²) in [6.07, 6.45) is -1.02. The van der Waals surface area contributed by atoms with Gasteiger partial charge in [0.15, 0.2) is 6.29 Å². The Morgan fingerprint density at radius 2 is 2.29 bits per heavy atom. The fourth-order valence-electron chi connectivity index (χ4n) is 0.903. The second kappa shape index (κ2) is 4.26. The molecule has 6 heteroatoms. The Kier molecular flexibility index (Phi) is 3.27. The molecule has 0 saturated heterocycles. The molecule has 0 spiro atoms. The molecule has 0 aromatic heterocycles. The van der Waals surface area contributed by atoms with E-state index in [-0.39, 0.29) is 16.5 Å². The maximum atomic E-state index is 10.5. The molecule has 0 aliphatic heterocycles. The van der Waals surface area contributed by atoms with Gasteiger partial charge in [0.25, 0.3) is 5.69 Å². The van der Waals surface area contributed by atoms with Crippen molar-refractivity contribution in [2.24, 2.45) is 0 Å². The molecule has 0 amide bonds. The molecule has 76 valence electrons. The van der Waals surface area contributed by atoms with Gasteiger partial charge in [-0.2, -0.15) is 0 Å². The Morgan fingerprint density at radius 3 is 2.79 bits per heavy atom. The average molecular weight is 218 g/mol. The van der Waals surface area contributed by atoms with Gasteiger partial charge in [-0.15, -0.1) is 0 Å². The monoisotopic (exact) mass is 217 g/mol. The van der Waals surface area contributed by atoms with Crippen LogP contribution >= 0.6 is 11.6 Å². The molecule has 0 aliphatic carbocycles. The van der Waals surface area contributed by atoms with E-state index in [1.54, 1.807) is 0 Å². The first-order chi connectivity index (χ1) is 6.50. The van der Waals surface area contributed by atoms with E-state index < -0.39 is 11.2 Å². The summed E-state index contributed by atoms with van der Waals surface area (Å²) in [5.74, 6) is 0.205. The summed E-state index contributed by atoms with van der Waals surface area (Å²) >= 11 is 5.57. The van der Waals surface area contributed by atoms with E-state index in [1.165, 1.54) is 19.1 Å². The van der Waals surface area contributed by atoms with E-state index in [9.17, 15) is 10.1 Å². The fourth-order valence-corrected chi connectivity index (χ4v) is 1.09. The van der Waals surface area contributed by atoms with Crippen LogP contribution in [0.5, 0.6) is 5.75 Å². The zero-order valence-electron chi connectivity index (χ0n) is 7.31. The zero-order chi connectivity index (χ0) is 10.7. The molecule has 1 rings (SSSR count). The van der Waals surface area contributed by atoms with Crippen LogP contribution < -0.4 is 4.74 Å². The van der Waals surface area contributed by atoms with E-state index in [1.807, 2.05) is 0 Å². The molecule has 1 atom stereocenters. The average Bonchev–Trinajstić information content (AvgIpc) is 2.07. The highest BCUT2D eigenvalue weighted by molar-refractivity contribution is 6.32. The SMILES string of the molecule is CC(O)Oc1ccc(Cl)c([N+](=O)[O-])c1. The predicted molar refractivity (Wildman–Crippen MR) is 50.4 cm³/mol. The molecule has 14 heavy (non-hydrogen) atoms. The molecule has 0 aliphatic rings. The number of ether oxygens (including phenoxy) is 1. The van der Waals surface area contributed by atoms with Gasteiger partial charge in [0.2, 0.25) is 0 Å². The highest BCUT2D eigenvalue weighted by Gasteiger charge is 2.13. The minimum atomic E-state index is -1.02. The lowest BCUT2D eigenvalue weighted by Gasteiger charge is -2.08. The summed E-state index contributed by atoms with van der Waals surface area (Å²) in [4.78, 5) is 9.85. The van der Waals surface area contributed by atoms with E-state index >= 15 is 0 Å². The van der Waals surface area contributed by atoms with Crippen molar-refractivity contribution in [2.45, 2.75) is 13.2 Å². The van der Waals surface area contributed by atoms with Gasteiger partial charge in [0.05, 0.1) is 11.0 Å². The number of nitro groups is 1. The smallest absolute Gasteiger partial charge is 0.291 e. The van der Waals surface area contributed by atoms with Crippen molar-refractivity contribution in [3.63, 3.8) is 0 Å². The van der Waals surface area contributed by atoms with Gasteiger partial charge in [-0.05, 0) is 19.1 Å². The molecule has 0 saturated carbocycles. The lowest BCUT2D eigenvalue weighted by atomic mass is 10.3. The first kappa shape index (κ1) is 10.7.